The molecule has 0 aliphatic carbocycles. The van der Waals surface area contributed by atoms with Crippen molar-refractivity contribution in [2.24, 2.45) is 0 Å². The molecule has 0 atom stereocenters. The van der Waals surface area contributed by atoms with Crippen molar-refractivity contribution in [2.75, 3.05) is 19.0 Å². The molecule has 8 heteroatoms. The standard InChI is InChI=1S/C16H16N6O2/c1-4-24-14-7-10(2)19-16-12(9-17)15(21-22(14)16)20-13-8-11(23-3)5-6-18-13/h5-8H,4H2,1-3H3,(H,18,20,21). The highest BCUT2D eigenvalue weighted by Gasteiger charge is 2.18. The second kappa shape index (κ2) is 6.42. The van der Waals surface area contributed by atoms with Crippen LogP contribution >= 0.6 is 0 Å². The van der Waals surface area contributed by atoms with Crippen LogP contribution in [0.2, 0.25) is 0 Å². The van der Waals surface area contributed by atoms with Gasteiger partial charge in [0.05, 0.1) is 13.7 Å². The second-order valence-electron chi connectivity index (χ2n) is 4.95. The molecule has 0 aliphatic rings. The topological polar surface area (TPSA) is 97.4 Å². The van der Waals surface area contributed by atoms with Gasteiger partial charge in [0.1, 0.15) is 23.2 Å². The van der Waals surface area contributed by atoms with Gasteiger partial charge in [-0.1, -0.05) is 0 Å². The largest absolute Gasteiger partial charge is 0.497 e. The summed E-state index contributed by atoms with van der Waals surface area (Å²) in [5, 5.41) is 17.0. The van der Waals surface area contributed by atoms with Crippen molar-refractivity contribution < 1.29 is 9.47 Å². The second-order valence-corrected chi connectivity index (χ2v) is 4.95. The van der Waals surface area contributed by atoms with Crippen molar-refractivity contribution in [1.29, 1.82) is 5.26 Å². The lowest BCUT2D eigenvalue weighted by atomic mass is 10.3. The van der Waals surface area contributed by atoms with E-state index in [2.05, 4.69) is 26.5 Å². The summed E-state index contributed by atoms with van der Waals surface area (Å²) in [4.78, 5) is 8.60. The number of fused-ring (bicyclic) bond motifs is 1. The zero-order chi connectivity index (χ0) is 17.1. The molecule has 0 aliphatic heterocycles. The summed E-state index contributed by atoms with van der Waals surface area (Å²) in [6, 6.07) is 7.37. The quantitative estimate of drug-likeness (QED) is 0.769. The Morgan fingerprint density at radius 2 is 2.21 bits per heavy atom. The molecule has 3 heterocycles. The maximum Gasteiger partial charge on any atom is 0.218 e. The third kappa shape index (κ3) is 2.79. The Labute approximate surface area is 138 Å². The summed E-state index contributed by atoms with van der Waals surface area (Å²) in [6.07, 6.45) is 1.61. The van der Waals surface area contributed by atoms with Crippen molar-refractivity contribution >= 4 is 17.3 Å². The van der Waals surface area contributed by atoms with Crippen LogP contribution in [-0.2, 0) is 0 Å². The number of anilines is 2. The maximum absolute atomic E-state index is 9.53. The van der Waals surface area contributed by atoms with Gasteiger partial charge < -0.3 is 14.8 Å². The molecule has 0 radical (unpaired) electrons. The van der Waals surface area contributed by atoms with Crippen LogP contribution in [0, 0.1) is 18.3 Å². The minimum atomic E-state index is 0.323. The molecule has 0 spiro atoms. The van der Waals surface area contributed by atoms with E-state index in [0.717, 1.165) is 5.69 Å². The van der Waals surface area contributed by atoms with E-state index in [4.69, 9.17) is 9.47 Å². The number of pyridine rings is 1. The van der Waals surface area contributed by atoms with E-state index in [0.29, 0.717) is 41.1 Å². The molecular weight excluding hydrogens is 308 g/mol. The first kappa shape index (κ1) is 15.6. The SMILES string of the molecule is CCOc1cc(C)nc2c(C#N)c(Nc3cc(OC)ccn3)nn12. The molecule has 0 saturated heterocycles. The molecule has 0 unspecified atom stereocenters. The zero-order valence-corrected chi connectivity index (χ0v) is 13.6. The van der Waals surface area contributed by atoms with E-state index in [-0.39, 0.29) is 0 Å². The minimum Gasteiger partial charge on any atom is -0.497 e. The van der Waals surface area contributed by atoms with Crippen molar-refractivity contribution in [3.63, 3.8) is 0 Å². The van der Waals surface area contributed by atoms with Crippen LogP contribution in [0.4, 0.5) is 11.6 Å². The first-order valence-electron chi connectivity index (χ1n) is 7.36. The van der Waals surface area contributed by atoms with E-state index in [1.807, 2.05) is 13.8 Å². The van der Waals surface area contributed by atoms with Gasteiger partial charge in [0, 0.05) is 24.0 Å². The van der Waals surface area contributed by atoms with Gasteiger partial charge in [-0.25, -0.2) is 9.97 Å². The Balaban J connectivity index is 2.10. The van der Waals surface area contributed by atoms with Gasteiger partial charge in [-0.15, -0.1) is 5.10 Å². The summed E-state index contributed by atoms with van der Waals surface area (Å²) < 4.78 is 12.3. The van der Waals surface area contributed by atoms with E-state index >= 15 is 0 Å². The number of methoxy groups -OCH3 is 1. The lowest BCUT2D eigenvalue weighted by molar-refractivity contribution is 0.317. The van der Waals surface area contributed by atoms with E-state index in [1.165, 1.54) is 4.52 Å². The fourth-order valence-corrected chi connectivity index (χ4v) is 2.27. The number of hydrogen-bond acceptors (Lipinski definition) is 7. The highest BCUT2D eigenvalue weighted by Crippen LogP contribution is 2.26. The highest BCUT2D eigenvalue weighted by atomic mass is 16.5. The first-order valence-corrected chi connectivity index (χ1v) is 7.36. The number of aryl methyl sites for hydroxylation is 1. The average Bonchev–Trinajstić information content (AvgIpc) is 2.92. The molecule has 1 N–H and O–H groups in total. The monoisotopic (exact) mass is 324 g/mol. The van der Waals surface area contributed by atoms with Crippen LogP contribution in [0.1, 0.15) is 18.2 Å². The van der Waals surface area contributed by atoms with Crippen LogP contribution in [0.5, 0.6) is 11.6 Å². The molecule has 24 heavy (non-hydrogen) atoms. The lowest BCUT2D eigenvalue weighted by Gasteiger charge is -2.05. The molecule has 8 nitrogen and oxygen atoms in total. The number of aromatic nitrogens is 4. The normalized spacial score (nSPS) is 10.4. The van der Waals surface area contributed by atoms with Crippen LogP contribution in [0.3, 0.4) is 0 Å². The third-order valence-corrected chi connectivity index (χ3v) is 3.30. The van der Waals surface area contributed by atoms with Gasteiger partial charge in [0.25, 0.3) is 0 Å². The summed E-state index contributed by atoms with van der Waals surface area (Å²) in [5.74, 6) is 2.06. The zero-order valence-electron chi connectivity index (χ0n) is 13.6. The van der Waals surface area contributed by atoms with Gasteiger partial charge in [-0.05, 0) is 19.9 Å². The Kier molecular flexibility index (Phi) is 4.16. The molecule has 0 aromatic carbocycles. The number of ether oxygens (including phenoxy) is 2. The number of nitrogens with one attached hydrogen (secondary N) is 1. The van der Waals surface area contributed by atoms with Gasteiger partial charge in [0.15, 0.2) is 11.5 Å². The molecule has 3 rings (SSSR count). The minimum absolute atomic E-state index is 0.323. The van der Waals surface area contributed by atoms with E-state index in [1.54, 1.807) is 31.5 Å². The van der Waals surface area contributed by atoms with Gasteiger partial charge in [-0.2, -0.15) is 9.78 Å². The number of hydrogen-bond donors (Lipinski definition) is 1. The Hall–Kier alpha value is -3.34. The summed E-state index contributed by atoms with van der Waals surface area (Å²) in [6.45, 7) is 4.21. The van der Waals surface area contributed by atoms with E-state index < -0.39 is 0 Å². The molecule has 0 saturated carbocycles. The number of nitrogens with zero attached hydrogens (tertiary/aromatic N) is 5. The van der Waals surface area contributed by atoms with Crippen molar-refractivity contribution in [2.45, 2.75) is 13.8 Å². The van der Waals surface area contributed by atoms with E-state index in [9.17, 15) is 5.26 Å². The summed E-state index contributed by atoms with van der Waals surface area (Å²) >= 11 is 0. The third-order valence-electron chi connectivity index (χ3n) is 3.30. The van der Waals surface area contributed by atoms with Crippen molar-refractivity contribution in [3.05, 3.63) is 35.7 Å². The van der Waals surface area contributed by atoms with Gasteiger partial charge in [-0.3, -0.25) is 0 Å². The van der Waals surface area contributed by atoms with Crippen LogP contribution in [0.15, 0.2) is 24.4 Å². The molecule has 0 fully saturated rings. The molecule has 3 aromatic rings. The van der Waals surface area contributed by atoms with Crippen molar-refractivity contribution in [1.82, 2.24) is 19.6 Å². The first-order chi connectivity index (χ1) is 11.7. The van der Waals surface area contributed by atoms with Gasteiger partial charge >= 0.3 is 0 Å². The van der Waals surface area contributed by atoms with Crippen LogP contribution in [0.25, 0.3) is 5.65 Å². The number of nitriles is 1. The summed E-state index contributed by atoms with van der Waals surface area (Å²) in [7, 11) is 1.58. The van der Waals surface area contributed by atoms with Crippen LogP contribution in [-0.4, -0.2) is 33.3 Å². The Morgan fingerprint density at radius 1 is 1.38 bits per heavy atom. The molecule has 0 amide bonds. The smallest absolute Gasteiger partial charge is 0.218 e. The predicted octanol–water partition coefficient (Wildman–Crippen LogP) is 2.46. The average molecular weight is 324 g/mol. The Bertz CT molecular complexity index is 928. The van der Waals surface area contributed by atoms with Crippen molar-refractivity contribution in [3.8, 4) is 17.7 Å². The lowest BCUT2D eigenvalue weighted by Crippen LogP contribution is -2.02. The summed E-state index contributed by atoms with van der Waals surface area (Å²) in [5.41, 5.74) is 1.50. The highest BCUT2D eigenvalue weighted by molar-refractivity contribution is 5.72. The van der Waals surface area contributed by atoms with Gasteiger partial charge in [0.2, 0.25) is 5.88 Å². The maximum atomic E-state index is 9.53. The number of rotatable bonds is 5. The fraction of sp³-hybridized carbons (Fsp3) is 0.250. The fourth-order valence-electron chi connectivity index (χ4n) is 2.27. The Morgan fingerprint density at radius 3 is 2.92 bits per heavy atom. The van der Waals surface area contributed by atoms with Crippen LogP contribution < -0.4 is 14.8 Å². The molecule has 0 bridgehead atoms. The molecule has 3 aromatic heterocycles. The molecular formula is C16H16N6O2. The molecule has 122 valence electrons. The predicted molar refractivity (Wildman–Crippen MR) is 87.7 cm³/mol.